The van der Waals surface area contributed by atoms with Gasteiger partial charge in [0.05, 0.1) is 28.8 Å². The Kier molecular flexibility index (Phi) is 8.29. The van der Waals surface area contributed by atoms with Crippen molar-refractivity contribution in [2.75, 3.05) is 25.6 Å². The summed E-state index contributed by atoms with van der Waals surface area (Å²) in [4.78, 5) is 14.5. The van der Waals surface area contributed by atoms with Crippen molar-refractivity contribution in [3.8, 4) is 0 Å². The summed E-state index contributed by atoms with van der Waals surface area (Å²) < 4.78 is 46.1. The second kappa shape index (κ2) is 11.0. The SMILES string of the molecule is COCCN(Cc1cccn1Cc1cccc(C(F)(F)F)c1)C(=O)Nc1ccc(Cl)c(Cl)c1. The van der Waals surface area contributed by atoms with Crippen LogP contribution in [0.25, 0.3) is 0 Å². The topological polar surface area (TPSA) is 46.5 Å². The van der Waals surface area contributed by atoms with E-state index in [9.17, 15) is 18.0 Å². The van der Waals surface area contributed by atoms with Crippen LogP contribution in [0.5, 0.6) is 0 Å². The van der Waals surface area contributed by atoms with Gasteiger partial charge < -0.3 is 19.5 Å². The van der Waals surface area contributed by atoms with Gasteiger partial charge in [0, 0.05) is 37.8 Å². The van der Waals surface area contributed by atoms with E-state index in [1.54, 1.807) is 41.4 Å². The Labute approximate surface area is 199 Å². The van der Waals surface area contributed by atoms with Crippen LogP contribution in [0.1, 0.15) is 16.8 Å². The molecule has 176 valence electrons. The number of rotatable bonds is 8. The van der Waals surface area contributed by atoms with Gasteiger partial charge in [-0.2, -0.15) is 13.2 Å². The second-order valence-electron chi connectivity index (χ2n) is 7.30. The van der Waals surface area contributed by atoms with Crippen LogP contribution < -0.4 is 5.32 Å². The number of ether oxygens (including phenoxy) is 1. The minimum Gasteiger partial charge on any atom is -0.383 e. The summed E-state index contributed by atoms with van der Waals surface area (Å²) >= 11 is 11.9. The van der Waals surface area contributed by atoms with E-state index < -0.39 is 11.7 Å². The number of aromatic nitrogens is 1. The third kappa shape index (κ3) is 6.90. The fourth-order valence-corrected chi connectivity index (χ4v) is 3.51. The second-order valence-corrected chi connectivity index (χ2v) is 8.11. The molecule has 3 aromatic rings. The minimum atomic E-state index is -4.41. The number of alkyl halides is 3. The lowest BCUT2D eigenvalue weighted by Crippen LogP contribution is -2.37. The van der Waals surface area contributed by atoms with Crippen LogP contribution in [0.15, 0.2) is 60.8 Å². The number of methoxy groups -OCH3 is 1. The van der Waals surface area contributed by atoms with Crippen molar-refractivity contribution < 1.29 is 22.7 Å². The van der Waals surface area contributed by atoms with Crippen LogP contribution in [0.3, 0.4) is 0 Å². The summed E-state index contributed by atoms with van der Waals surface area (Å²) in [6.45, 7) is 1.07. The highest BCUT2D eigenvalue weighted by molar-refractivity contribution is 6.42. The van der Waals surface area contributed by atoms with Gasteiger partial charge >= 0.3 is 12.2 Å². The molecule has 1 aromatic heterocycles. The maximum absolute atomic E-state index is 13.0. The van der Waals surface area contributed by atoms with Gasteiger partial charge in [0.2, 0.25) is 0 Å². The monoisotopic (exact) mass is 499 g/mol. The highest BCUT2D eigenvalue weighted by atomic mass is 35.5. The Morgan fingerprint density at radius 1 is 1.09 bits per heavy atom. The molecule has 2 aromatic carbocycles. The standard InChI is InChI=1S/C23H22Cl2F3N3O2/c1-33-11-10-31(22(32)29-18-7-8-20(24)21(25)13-18)15-19-6-3-9-30(19)14-16-4-2-5-17(12-16)23(26,27)28/h2-9,12-13H,10-11,14-15H2,1H3,(H,29,32). The predicted octanol–water partition coefficient (Wildman–Crippen LogP) is 6.54. The molecule has 0 fully saturated rings. The number of carbonyl (C=O) groups is 1. The maximum Gasteiger partial charge on any atom is 0.416 e. The number of hydrogen-bond acceptors (Lipinski definition) is 2. The molecule has 1 heterocycles. The largest absolute Gasteiger partial charge is 0.416 e. The molecule has 0 saturated heterocycles. The Morgan fingerprint density at radius 2 is 1.88 bits per heavy atom. The molecule has 0 spiro atoms. The zero-order valence-corrected chi connectivity index (χ0v) is 19.2. The van der Waals surface area contributed by atoms with Crippen molar-refractivity contribution in [1.29, 1.82) is 0 Å². The van der Waals surface area contributed by atoms with Crippen molar-refractivity contribution in [3.63, 3.8) is 0 Å². The Hall–Kier alpha value is -2.68. The molecule has 1 N–H and O–H groups in total. The molecule has 0 aliphatic carbocycles. The van der Waals surface area contributed by atoms with Crippen molar-refractivity contribution in [2.45, 2.75) is 19.3 Å². The number of nitrogens with zero attached hydrogens (tertiary/aromatic N) is 2. The number of anilines is 1. The zero-order valence-electron chi connectivity index (χ0n) is 17.7. The first-order chi connectivity index (χ1) is 15.7. The molecule has 33 heavy (non-hydrogen) atoms. The fraction of sp³-hybridized carbons (Fsp3) is 0.261. The Morgan fingerprint density at radius 3 is 2.58 bits per heavy atom. The van der Waals surface area contributed by atoms with Crippen LogP contribution in [0.4, 0.5) is 23.7 Å². The average Bonchev–Trinajstić information content (AvgIpc) is 3.19. The number of amides is 2. The van der Waals surface area contributed by atoms with Gasteiger partial charge in [-0.15, -0.1) is 0 Å². The highest BCUT2D eigenvalue weighted by Gasteiger charge is 2.30. The maximum atomic E-state index is 13.0. The molecule has 3 rings (SSSR count). The summed E-state index contributed by atoms with van der Waals surface area (Å²) in [5.74, 6) is 0. The first-order valence-electron chi connectivity index (χ1n) is 9.97. The molecule has 2 amide bonds. The minimum absolute atomic E-state index is 0.225. The van der Waals surface area contributed by atoms with Crippen LogP contribution >= 0.6 is 23.2 Å². The van der Waals surface area contributed by atoms with Gasteiger partial charge in [0.1, 0.15) is 0 Å². The number of nitrogens with one attached hydrogen (secondary N) is 1. The summed E-state index contributed by atoms with van der Waals surface area (Å²) in [6, 6.07) is 13.2. The van der Waals surface area contributed by atoms with Crippen LogP contribution in [0, 0.1) is 0 Å². The Balaban J connectivity index is 1.76. The van der Waals surface area contributed by atoms with Crippen molar-refractivity contribution >= 4 is 34.9 Å². The number of hydrogen-bond donors (Lipinski definition) is 1. The molecular weight excluding hydrogens is 478 g/mol. The lowest BCUT2D eigenvalue weighted by molar-refractivity contribution is -0.137. The molecule has 0 unspecified atom stereocenters. The Bertz CT molecular complexity index is 1100. The van der Waals surface area contributed by atoms with E-state index in [0.717, 1.165) is 17.8 Å². The van der Waals surface area contributed by atoms with E-state index in [1.165, 1.54) is 13.2 Å². The van der Waals surface area contributed by atoms with Gasteiger partial charge in [0.15, 0.2) is 0 Å². The van der Waals surface area contributed by atoms with E-state index in [4.69, 9.17) is 27.9 Å². The molecule has 0 atom stereocenters. The summed E-state index contributed by atoms with van der Waals surface area (Å²) in [5.41, 5.74) is 1.05. The van der Waals surface area contributed by atoms with Gasteiger partial charge in [-0.25, -0.2) is 4.79 Å². The number of halogens is 5. The van der Waals surface area contributed by atoms with E-state index >= 15 is 0 Å². The first kappa shape index (κ1) is 25.0. The van der Waals surface area contributed by atoms with E-state index in [1.807, 2.05) is 10.6 Å². The van der Waals surface area contributed by atoms with Gasteiger partial charge in [-0.3, -0.25) is 0 Å². The third-order valence-electron chi connectivity index (χ3n) is 4.91. The number of urea groups is 1. The van der Waals surface area contributed by atoms with E-state index in [0.29, 0.717) is 34.4 Å². The van der Waals surface area contributed by atoms with Crippen LogP contribution in [-0.4, -0.2) is 35.8 Å². The fourth-order valence-electron chi connectivity index (χ4n) is 3.22. The highest BCUT2D eigenvalue weighted by Crippen LogP contribution is 2.30. The van der Waals surface area contributed by atoms with Gasteiger partial charge in [-0.1, -0.05) is 35.3 Å². The molecular formula is C23H22Cl2F3N3O2. The number of carbonyl (C=O) groups excluding carboxylic acids is 1. The zero-order chi connectivity index (χ0) is 24.0. The summed E-state index contributed by atoms with van der Waals surface area (Å²) in [6.07, 6.45) is -2.64. The lowest BCUT2D eigenvalue weighted by atomic mass is 10.1. The molecule has 0 aliphatic rings. The smallest absolute Gasteiger partial charge is 0.383 e. The van der Waals surface area contributed by atoms with E-state index in [2.05, 4.69) is 5.32 Å². The summed E-state index contributed by atoms with van der Waals surface area (Å²) in [5, 5.41) is 3.47. The number of benzene rings is 2. The quantitative estimate of drug-likeness (QED) is 0.382. The predicted molar refractivity (Wildman–Crippen MR) is 123 cm³/mol. The molecule has 0 radical (unpaired) electrons. The molecule has 0 bridgehead atoms. The molecule has 10 heteroatoms. The molecule has 5 nitrogen and oxygen atoms in total. The van der Waals surface area contributed by atoms with Crippen molar-refractivity contribution in [2.24, 2.45) is 0 Å². The first-order valence-corrected chi connectivity index (χ1v) is 10.7. The lowest BCUT2D eigenvalue weighted by Gasteiger charge is -2.24. The van der Waals surface area contributed by atoms with Crippen LogP contribution in [-0.2, 0) is 24.0 Å². The van der Waals surface area contributed by atoms with Crippen molar-refractivity contribution in [1.82, 2.24) is 9.47 Å². The average molecular weight is 500 g/mol. The van der Waals surface area contributed by atoms with Gasteiger partial charge in [0.25, 0.3) is 0 Å². The third-order valence-corrected chi connectivity index (χ3v) is 5.65. The molecule has 0 aliphatic heterocycles. The van der Waals surface area contributed by atoms with Gasteiger partial charge in [-0.05, 0) is 48.0 Å². The molecule has 0 saturated carbocycles. The van der Waals surface area contributed by atoms with Crippen LogP contribution in [0.2, 0.25) is 10.0 Å². The summed E-state index contributed by atoms with van der Waals surface area (Å²) in [7, 11) is 1.53. The van der Waals surface area contributed by atoms with Crippen molar-refractivity contribution in [3.05, 3.63) is 87.7 Å². The van der Waals surface area contributed by atoms with E-state index in [-0.39, 0.29) is 19.1 Å². The normalized spacial score (nSPS) is 11.5.